The lowest BCUT2D eigenvalue weighted by Crippen LogP contribution is -2.34. The fraction of sp³-hybridized carbons (Fsp3) is 0.400. The lowest BCUT2D eigenvalue weighted by Gasteiger charge is -2.26. The SMILES string of the molecule is COC(=O)c1ccc2c(c1)[nH]c1nc(N(CCCN(C)CCCNC(=O)OC(C)(C)C)Cc3cccc(C(OCc4ccccc4)C(F)(F)F)c3)ncc12. The molecule has 288 valence electrons. The standard InChI is InChI=1S/C40H47F3N6O5/c1-39(2,3)54-38(51)44-18-10-19-48(4)20-11-21-49(37-45-24-32-31-17-16-30(36(50)52-5)23-33(31)46-35(32)47-37)25-28-14-9-15-29(22-28)34(40(41,42)43)53-26-27-12-7-6-8-13-27/h6-9,12-17,22-24,34H,10-11,18-21,25-26H2,1-5H3,(H,44,51)(H,45,46,47). The van der Waals surface area contributed by atoms with E-state index in [9.17, 15) is 22.8 Å². The minimum atomic E-state index is -4.63. The van der Waals surface area contributed by atoms with E-state index in [-0.39, 0.29) is 18.7 Å². The van der Waals surface area contributed by atoms with Crippen LogP contribution in [0.5, 0.6) is 0 Å². The summed E-state index contributed by atoms with van der Waals surface area (Å²) in [5.41, 5.74) is 2.34. The van der Waals surface area contributed by atoms with Crippen molar-refractivity contribution in [3.05, 3.63) is 101 Å². The molecule has 2 N–H and O–H groups in total. The third-order valence-electron chi connectivity index (χ3n) is 8.58. The van der Waals surface area contributed by atoms with Crippen molar-refractivity contribution in [3.63, 3.8) is 0 Å². The molecule has 1 unspecified atom stereocenters. The number of alkyl carbamates (subject to hydrolysis) is 1. The molecule has 2 heterocycles. The lowest BCUT2D eigenvalue weighted by molar-refractivity contribution is -0.227. The van der Waals surface area contributed by atoms with E-state index in [1.807, 2.05) is 38.8 Å². The molecule has 0 bridgehead atoms. The number of ether oxygens (including phenoxy) is 3. The van der Waals surface area contributed by atoms with Gasteiger partial charge >= 0.3 is 18.2 Å². The monoisotopic (exact) mass is 748 g/mol. The van der Waals surface area contributed by atoms with Crippen LogP contribution in [-0.4, -0.2) is 84.0 Å². The van der Waals surface area contributed by atoms with Crippen molar-refractivity contribution < 1.29 is 37.0 Å². The number of benzene rings is 3. The Kier molecular flexibility index (Phi) is 13.1. The van der Waals surface area contributed by atoms with E-state index >= 15 is 0 Å². The van der Waals surface area contributed by atoms with E-state index in [1.54, 1.807) is 60.8 Å². The number of alkyl halides is 3. The molecule has 0 fully saturated rings. The number of hydrogen-bond donors (Lipinski definition) is 2. The molecule has 54 heavy (non-hydrogen) atoms. The number of nitrogens with one attached hydrogen (secondary N) is 2. The van der Waals surface area contributed by atoms with Crippen molar-refractivity contribution >= 4 is 39.9 Å². The summed E-state index contributed by atoms with van der Waals surface area (Å²) < 4.78 is 58.6. The molecule has 0 saturated heterocycles. The number of anilines is 1. The Morgan fingerprint density at radius 3 is 2.37 bits per heavy atom. The molecule has 0 radical (unpaired) electrons. The van der Waals surface area contributed by atoms with E-state index in [2.05, 4.69) is 15.2 Å². The third kappa shape index (κ3) is 11.2. The first-order chi connectivity index (χ1) is 25.7. The number of rotatable bonds is 16. The van der Waals surface area contributed by atoms with E-state index < -0.39 is 29.9 Å². The van der Waals surface area contributed by atoms with Crippen LogP contribution >= 0.6 is 0 Å². The summed E-state index contributed by atoms with van der Waals surface area (Å²) in [7, 11) is 3.31. The largest absolute Gasteiger partial charge is 0.465 e. The molecule has 14 heteroatoms. The van der Waals surface area contributed by atoms with Crippen LogP contribution in [0.2, 0.25) is 0 Å². The van der Waals surface area contributed by atoms with Crippen LogP contribution in [0.15, 0.2) is 79.0 Å². The van der Waals surface area contributed by atoms with Gasteiger partial charge in [-0.3, -0.25) is 0 Å². The predicted octanol–water partition coefficient (Wildman–Crippen LogP) is 7.96. The zero-order valence-electron chi connectivity index (χ0n) is 31.2. The van der Waals surface area contributed by atoms with E-state index in [0.717, 1.165) is 23.7 Å². The van der Waals surface area contributed by atoms with Crippen molar-refractivity contribution in [2.45, 2.75) is 64.6 Å². The summed E-state index contributed by atoms with van der Waals surface area (Å²) in [4.78, 5) is 41.0. The molecule has 1 amide bonds. The molecule has 0 aliphatic heterocycles. The van der Waals surface area contributed by atoms with E-state index in [0.29, 0.717) is 59.9 Å². The first-order valence-electron chi connectivity index (χ1n) is 17.8. The third-order valence-corrected chi connectivity index (χ3v) is 8.58. The number of H-pyrrole nitrogens is 1. The summed E-state index contributed by atoms with van der Waals surface area (Å²) in [6.07, 6.45) is -4.08. The number of halogens is 3. The molecule has 0 spiro atoms. The molecule has 5 aromatic rings. The number of methoxy groups -OCH3 is 1. The van der Waals surface area contributed by atoms with Gasteiger partial charge in [0.1, 0.15) is 11.2 Å². The van der Waals surface area contributed by atoms with E-state index in [1.165, 1.54) is 19.2 Å². The number of esters is 1. The maximum Gasteiger partial charge on any atom is 0.418 e. The molecular formula is C40H47F3N6O5. The summed E-state index contributed by atoms with van der Waals surface area (Å²) >= 11 is 0. The van der Waals surface area contributed by atoms with Crippen LogP contribution in [0.3, 0.4) is 0 Å². The highest BCUT2D eigenvalue weighted by atomic mass is 19.4. The van der Waals surface area contributed by atoms with Crippen LogP contribution in [0.4, 0.5) is 23.9 Å². The Labute approximate surface area is 312 Å². The van der Waals surface area contributed by atoms with Gasteiger partial charge in [0.15, 0.2) is 6.10 Å². The van der Waals surface area contributed by atoms with E-state index in [4.69, 9.17) is 24.2 Å². The second-order valence-electron chi connectivity index (χ2n) is 14.1. The topological polar surface area (TPSA) is 122 Å². The number of aromatic nitrogens is 3. The first kappa shape index (κ1) is 40.0. The Morgan fingerprint density at radius 2 is 1.65 bits per heavy atom. The van der Waals surface area contributed by atoms with Gasteiger partial charge in [-0.15, -0.1) is 0 Å². The van der Waals surface area contributed by atoms with Gasteiger partial charge in [0, 0.05) is 42.1 Å². The molecule has 0 aliphatic rings. The second kappa shape index (κ2) is 17.7. The average Bonchev–Trinajstić information content (AvgIpc) is 3.49. The summed E-state index contributed by atoms with van der Waals surface area (Å²) in [5.74, 6) is -0.0669. The number of aromatic amines is 1. The van der Waals surface area contributed by atoms with Crippen LogP contribution in [-0.2, 0) is 27.4 Å². The minimum absolute atomic E-state index is 0.00371. The van der Waals surface area contributed by atoms with Crippen molar-refractivity contribution in [2.24, 2.45) is 0 Å². The summed E-state index contributed by atoms with van der Waals surface area (Å²) in [6, 6.07) is 20.3. The van der Waals surface area contributed by atoms with Gasteiger partial charge in [-0.2, -0.15) is 18.2 Å². The smallest absolute Gasteiger partial charge is 0.418 e. The number of carbonyl (C=O) groups is 2. The van der Waals surface area contributed by atoms with Gasteiger partial charge in [-0.1, -0.05) is 60.7 Å². The van der Waals surface area contributed by atoms with Gasteiger partial charge < -0.3 is 34.3 Å². The maximum absolute atomic E-state index is 14.3. The lowest BCUT2D eigenvalue weighted by atomic mass is 10.0. The number of fused-ring (bicyclic) bond motifs is 3. The Morgan fingerprint density at radius 1 is 0.907 bits per heavy atom. The average molecular weight is 749 g/mol. The van der Waals surface area contributed by atoms with Crippen molar-refractivity contribution in [1.82, 2.24) is 25.2 Å². The number of hydrogen-bond acceptors (Lipinski definition) is 9. The van der Waals surface area contributed by atoms with Gasteiger partial charge in [0.05, 0.1) is 19.3 Å². The number of nitrogens with zero attached hydrogens (tertiary/aromatic N) is 4. The molecule has 3 aromatic carbocycles. The Hall–Kier alpha value is -5.21. The van der Waals surface area contributed by atoms with Crippen molar-refractivity contribution in [1.29, 1.82) is 0 Å². The van der Waals surface area contributed by atoms with Gasteiger partial charge in [0.25, 0.3) is 0 Å². The quantitative estimate of drug-likeness (QED) is 0.0765. The van der Waals surface area contributed by atoms with Crippen LogP contribution in [0.1, 0.15) is 66.8 Å². The van der Waals surface area contributed by atoms with Crippen molar-refractivity contribution in [2.75, 3.05) is 45.2 Å². The highest BCUT2D eigenvalue weighted by Crippen LogP contribution is 2.37. The summed E-state index contributed by atoms with van der Waals surface area (Å²) in [6.45, 7) is 7.88. The fourth-order valence-corrected chi connectivity index (χ4v) is 6.03. The van der Waals surface area contributed by atoms with Gasteiger partial charge in [-0.25, -0.2) is 14.6 Å². The molecule has 5 rings (SSSR count). The Balaban J connectivity index is 1.33. The normalized spacial score (nSPS) is 12.6. The Bertz CT molecular complexity index is 2010. The molecule has 2 aromatic heterocycles. The highest BCUT2D eigenvalue weighted by Gasteiger charge is 2.42. The van der Waals surface area contributed by atoms with Gasteiger partial charge in [0.2, 0.25) is 5.95 Å². The van der Waals surface area contributed by atoms with Crippen molar-refractivity contribution in [3.8, 4) is 0 Å². The number of carbonyl (C=O) groups excluding carboxylic acids is 2. The van der Waals surface area contributed by atoms with Crippen LogP contribution in [0, 0.1) is 0 Å². The molecule has 1 atom stereocenters. The number of amides is 1. The molecule has 0 aliphatic carbocycles. The highest BCUT2D eigenvalue weighted by molar-refractivity contribution is 6.07. The predicted molar refractivity (Wildman–Crippen MR) is 201 cm³/mol. The second-order valence-corrected chi connectivity index (χ2v) is 14.1. The summed E-state index contributed by atoms with van der Waals surface area (Å²) in [5, 5.41) is 4.37. The zero-order chi connectivity index (χ0) is 38.9. The van der Waals surface area contributed by atoms with Gasteiger partial charge in [-0.05, 0) is 82.6 Å². The maximum atomic E-state index is 14.3. The van der Waals surface area contributed by atoms with Crippen LogP contribution in [0.25, 0.3) is 21.9 Å². The molecule has 0 saturated carbocycles. The molecule has 11 nitrogen and oxygen atoms in total. The fourth-order valence-electron chi connectivity index (χ4n) is 6.03. The first-order valence-corrected chi connectivity index (χ1v) is 17.8. The zero-order valence-corrected chi connectivity index (χ0v) is 31.2. The molecular weight excluding hydrogens is 701 g/mol. The van der Waals surface area contributed by atoms with Crippen LogP contribution < -0.4 is 10.2 Å². The minimum Gasteiger partial charge on any atom is -0.465 e.